The number of nitrogens with one attached hydrogen (secondary N) is 1. The highest BCUT2D eigenvalue weighted by molar-refractivity contribution is 6.03. The van der Waals surface area contributed by atoms with Crippen LogP contribution in [0.2, 0.25) is 0 Å². The molecular formula is C40H51N7O7. The van der Waals surface area contributed by atoms with Crippen LogP contribution in [0.4, 0.5) is 17.1 Å². The van der Waals surface area contributed by atoms with E-state index >= 15 is 0 Å². The van der Waals surface area contributed by atoms with Gasteiger partial charge in [-0.1, -0.05) is 6.07 Å². The molecule has 288 valence electrons. The minimum absolute atomic E-state index is 0.0282. The van der Waals surface area contributed by atoms with Crippen LogP contribution in [0.5, 0.6) is 11.5 Å². The Kier molecular flexibility index (Phi) is 11.3. The van der Waals surface area contributed by atoms with Crippen LogP contribution in [0.3, 0.4) is 0 Å². The molecule has 1 aromatic heterocycles. The molecule has 14 heteroatoms. The summed E-state index contributed by atoms with van der Waals surface area (Å²) in [6.45, 7) is 7.22. The number of aromatic nitrogens is 1. The van der Waals surface area contributed by atoms with Gasteiger partial charge < -0.3 is 33.6 Å². The summed E-state index contributed by atoms with van der Waals surface area (Å²) in [5.74, 6) is 0.778. The predicted molar refractivity (Wildman–Crippen MR) is 207 cm³/mol. The van der Waals surface area contributed by atoms with Crippen LogP contribution in [0.1, 0.15) is 42.4 Å². The Bertz CT molecular complexity index is 1980. The average Bonchev–Trinajstić information content (AvgIpc) is 3.17. The Hall–Kier alpha value is -5.37. The molecule has 1 atom stereocenters. The van der Waals surface area contributed by atoms with Crippen molar-refractivity contribution >= 4 is 41.2 Å². The molecule has 4 amide bonds. The van der Waals surface area contributed by atoms with E-state index in [1.807, 2.05) is 67.2 Å². The SMILES string of the molecule is COc1cc(-c2cn(C)c(=O)c(C)c2C)cc(OC)c1CN1CCN(C2CCN(c3cccc(N(C)C4CCC(=O)NC4=O)c3N(C)C=O)CC2)C(=O)C1. The number of likely N-dealkylation sites (N-methyl/N-ethyl adjacent to an activating group) is 1. The summed E-state index contributed by atoms with van der Waals surface area (Å²) >= 11 is 0. The van der Waals surface area contributed by atoms with Crippen LogP contribution in [-0.4, -0.2) is 112 Å². The van der Waals surface area contributed by atoms with E-state index in [1.54, 1.807) is 32.9 Å². The van der Waals surface area contributed by atoms with Crippen molar-refractivity contribution in [2.45, 2.75) is 58.2 Å². The van der Waals surface area contributed by atoms with Gasteiger partial charge in [-0.05, 0) is 68.5 Å². The molecule has 0 bridgehead atoms. The fraction of sp³-hybridized carbons (Fsp3) is 0.475. The second-order valence-corrected chi connectivity index (χ2v) is 14.5. The molecule has 54 heavy (non-hydrogen) atoms. The van der Waals surface area contributed by atoms with E-state index < -0.39 is 6.04 Å². The lowest BCUT2D eigenvalue weighted by Gasteiger charge is -2.44. The largest absolute Gasteiger partial charge is 0.496 e. The second-order valence-electron chi connectivity index (χ2n) is 14.5. The number of imide groups is 1. The molecule has 3 aliphatic heterocycles. The Labute approximate surface area is 316 Å². The quantitative estimate of drug-likeness (QED) is 0.231. The zero-order chi connectivity index (χ0) is 38.8. The fourth-order valence-electron chi connectivity index (χ4n) is 8.15. The standard InChI is InChI=1S/C40H51N7O7/c1-25-26(2)40(52)42(3)21-29(25)27-19-34(53-6)30(35(20-27)54-7)22-45-17-18-47(37(50)23-45)28-13-15-46(16-14-28)32-10-8-9-31(38(32)43(4)24-48)44(5)33-11-12-36(49)41-39(33)51/h8-10,19-21,24,28,33H,11-18,22-23H2,1-7H3,(H,41,49,51). The molecule has 3 aliphatic rings. The summed E-state index contributed by atoms with van der Waals surface area (Å²) in [5.41, 5.74) is 6.54. The molecule has 2 aromatic carbocycles. The number of benzene rings is 2. The van der Waals surface area contributed by atoms with Crippen LogP contribution >= 0.6 is 0 Å². The fourth-order valence-corrected chi connectivity index (χ4v) is 8.15. The van der Waals surface area contributed by atoms with Crippen molar-refractivity contribution in [2.24, 2.45) is 7.05 Å². The van der Waals surface area contributed by atoms with Crippen LogP contribution in [0, 0.1) is 13.8 Å². The first-order valence-corrected chi connectivity index (χ1v) is 18.4. The van der Waals surface area contributed by atoms with E-state index in [4.69, 9.17) is 9.47 Å². The third-order valence-corrected chi connectivity index (χ3v) is 11.4. The van der Waals surface area contributed by atoms with Gasteiger partial charge in [0.25, 0.3) is 5.56 Å². The summed E-state index contributed by atoms with van der Waals surface area (Å²) < 4.78 is 13.3. The summed E-state index contributed by atoms with van der Waals surface area (Å²) in [6, 6.07) is 9.30. The summed E-state index contributed by atoms with van der Waals surface area (Å²) in [6.07, 6.45) is 4.80. The molecule has 4 heterocycles. The molecule has 1 N–H and O–H groups in total. The topological polar surface area (TPSA) is 137 Å². The molecule has 3 fully saturated rings. The van der Waals surface area contributed by atoms with Crippen molar-refractivity contribution in [1.82, 2.24) is 19.7 Å². The lowest BCUT2D eigenvalue weighted by molar-refractivity contribution is -0.139. The smallest absolute Gasteiger partial charge is 0.253 e. The molecule has 0 aliphatic carbocycles. The van der Waals surface area contributed by atoms with E-state index in [2.05, 4.69) is 15.1 Å². The maximum atomic E-state index is 13.7. The van der Waals surface area contributed by atoms with Crippen LogP contribution in [0.15, 0.2) is 41.3 Å². The van der Waals surface area contributed by atoms with Gasteiger partial charge in [0.1, 0.15) is 17.5 Å². The van der Waals surface area contributed by atoms with E-state index in [-0.39, 0.29) is 42.3 Å². The lowest BCUT2D eigenvalue weighted by atomic mass is 9.97. The van der Waals surface area contributed by atoms with Crippen LogP contribution < -0.4 is 35.0 Å². The maximum absolute atomic E-state index is 13.7. The van der Waals surface area contributed by atoms with Gasteiger partial charge in [0, 0.05) is 83.7 Å². The predicted octanol–water partition coefficient (Wildman–Crippen LogP) is 2.83. The van der Waals surface area contributed by atoms with Crippen molar-refractivity contribution in [3.63, 3.8) is 0 Å². The van der Waals surface area contributed by atoms with Crippen LogP contribution in [0.25, 0.3) is 11.1 Å². The van der Waals surface area contributed by atoms with Gasteiger partial charge in [-0.2, -0.15) is 0 Å². The number of nitrogens with zero attached hydrogens (tertiary/aromatic N) is 6. The van der Waals surface area contributed by atoms with Gasteiger partial charge >= 0.3 is 0 Å². The minimum Gasteiger partial charge on any atom is -0.496 e. The number of para-hydroxylation sites is 1. The number of carbonyl (C=O) groups excluding carboxylic acids is 4. The van der Waals surface area contributed by atoms with E-state index in [1.165, 1.54) is 4.90 Å². The lowest BCUT2D eigenvalue weighted by Crippen LogP contribution is -2.56. The number of amides is 4. The number of rotatable bonds is 11. The molecule has 0 saturated carbocycles. The van der Waals surface area contributed by atoms with Gasteiger partial charge in [-0.15, -0.1) is 0 Å². The van der Waals surface area contributed by atoms with Gasteiger partial charge in [-0.3, -0.25) is 34.2 Å². The average molecular weight is 742 g/mol. The molecule has 3 saturated heterocycles. The Morgan fingerprint density at radius 2 is 1.61 bits per heavy atom. The number of anilines is 3. The number of carbonyl (C=O) groups is 4. The van der Waals surface area contributed by atoms with E-state index in [9.17, 15) is 24.0 Å². The molecule has 3 aromatic rings. The van der Waals surface area contributed by atoms with Crippen molar-refractivity contribution in [2.75, 3.05) is 75.7 Å². The van der Waals surface area contributed by atoms with Crippen molar-refractivity contribution in [3.8, 4) is 22.6 Å². The first kappa shape index (κ1) is 38.4. The molecule has 6 rings (SSSR count). The highest BCUT2D eigenvalue weighted by Gasteiger charge is 2.35. The number of pyridine rings is 1. The van der Waals surface area contributed by atoms with Gasteiger partial charge in [0.05, 0.1) is 43.4 Å². The monoisotopic (exact) mass is 741 g/mol. The Morgan fingerprint density at radius 1 is 0.926 bits per heavy atom. The number of piperazine rings is 1. The van der Waals surface area contributed by atoms with Gasteiger partial charge in [0.2, 0.25) is 24.1 Å². The Morgan fingerprint density at radius 3 is 2.22 bits per heavy atom. The first-order valence-electron chi connectivity index (χ1n) is 18.4. The molecular weight excluding hydrogens is 690 g/mol. The molecule has 1 unspecified atom stereocenters. The van der Waals surface area contributed by atoms with Crippen LogP contribution in [-0.2, 0) is 32.8 Å². The van der Waals surface area contributed by atoms with Crippen molar-refractivity contribution in [3.05, 3.63) is 63.6 Å². The zero-order valence-electron chi connectivity index (χ0n) is 32.3. The van der Waals surface area contributed by atoms with E-state index in [0.717, 1.165) is 52.9 Å². The Balaban J connectivity index is 1.13. The minimum atomic E-state index is -0.533. The summed E-state index contributed by atoms with van der Waals surface area (Å²) in [7, 11) is 8.52. The highest BCUT2D eigenvalue weighted by atomic mass is 16.5. The molecule has 0 radical (unpaired) electrons. The molecule has 0 spiro atoms. The third kappa shape index (κ3) is 7.39. The number of piperidine rings is 2. The van der Waals surface area contributed by atoms with Crippen molar-refractivity contribution in [1.29, 1.82) is 0 Å². The second kappa shape index (κ2) is 15.9. The molecule has 14 nitrogen and oxygen atoms in total. The van der Waals surface area contributed by atoms with Gasteiger partial charge in [0.15, 0.2) is 0 Å². The first-order chi connectivity index (χ1) is 25.9. The number of hydrogen-bond donors (Lipinski definition) is 1. The number of ether oxygens (including phenoxy) is 2. The number of aryl methyl sites for hydroxylation is 1. The van der Waals surface area contributed by atoms with Crippen molar-refractivity contribution < 1.29 is 28.7 Å². The third-order valence-electron chi connectivity index (χ3n) is 11.4. The summed E-state index contributed by atoms with van der Waals surface area (Å²) in [4.78, 5) is 72.6. The highest BCUT2D eigenvalue weighted by Crippen LogP contribution is 2.41. The summed E-state index contributed by atoms with van der Waals surface area (Å²) in [5, 5.41) is 2.43. The van der Waals surface area contributed by atoms with E-state index in [0.29, 0.717) is 61.9 Å². The number of hydrogen-bond acceptors (Lipinski definition) is 10. The maximum Gasteiger partial charge on any atom is 0.253 e. The zero-order valence-corrected chi connectivity index (χ0v) is 32.3. The normalized spacial score (nSPS) is 18.4. The van der Waals surface area contributed by atoms with Gasteiger partial charge in [-0.25, -0.2) is 0 Å². The number of methoxy groups -OCH3 is 2.